The Labute approximate surface area is 179 Å². The molecule has 3 amide bonds. The van der Waals surface area contributed by atoms with Crippen LogP contribution in [0.1, 0.15) is 16.1 Å². The molecule has 0 aliphatic carbocycles. The predicted octanol–water partition coefficient (Wildman–Crippen LogP) is 3.83. The van der Waals surface area contributed by atoms with Crippen molar-refractivity contribution in [1.29, 1.82) is 0 Å². The van der Waals surface area contributed by atoms with E-state index in [4.69, 9.17) is 12.2 Å². The van der Waals surface area contributed by atoms with Gasteiger partial charge in [-0.2, -0.15) is 0 Å². The van der Waals surface area contributed by atoms with Crippen molar-refractivity contribution in [2.75, 3.05) is 31.5 Å². The maximum Gasteiger partial charge on any atom is 0.321 e. The van der Waals surface area contributed by atoms with Crippen molar-refractivity contribution in [3.05, 3.63) is 76.8 Å². The summed E-state index contributed by atoms with van der Waals surface area (Å²) >= 11 is 5.38. The number of urea groups is 1. The van der Waals surface area contributed by atoms with Crippen LogP contribution in [0, 0.1) is 11.7 Å². The van der Waals surface area contributed by atoms with Gasteiger partial charge in [-0.05, 0) is 49.0 Å². The molecule has 1 aliphatic rings. The van der Waals surface area contributed by atoms with Crippen molar-refractivity contribution in [3.8, 4) is 5.69 Å². The third-order valence-corrected chi connectivity index (χ3v) is 5.43. The largest absolute Gasteiger partial charge is 0.336 e. The first-order valence-corrected chi connectivity index (χ1v) is 10.2. The van der Waals surface area contributed by atoms with E-state index in [1.54, 1.807) is 20.6 Å². The number of H-pyrrole nitrogens is 1. The third kappa shape index (κ3) is 4.13. The number of nitrogens with zero attached hydrogens (tertiary/aromatic N) is 3. The van der Waals surface area contributed by atoms with E-state index in [-0.39, 0.29) is 11.9 Å². The number of rotatable bonds is 3. The number of hydrogen-bond acceptors (Lipinski definition) is 3. The Balaban J connectivity index is 1.42. The lowest BCUT2D eigenvalue weighted by atomic mass is 10.2. The highest BCUT2D eigenvalue weighted by molar-refractivity contribution is 7.71. The minimum absolute atomic E-state index is 0.107. The number of para-hydroxylation sites is 1. The topological polar surface area (TPSA) is 73.4 Å². The molecule has 2 aromatic carbocycles. The molecule has 0 unspecified atom stereocenters. The molecule has 0 radical (unpaired) electrons. The minimum atomic E-state index is -0.151. The number of aromatic nitrogens is 2. The van der Waals surface area contributed by atoms with E-state index < -0.39 is 0 Å². The predicted molar refractivity (Wildman–Crippen MR) is 119 cm³/mol. The standard InChI is InChI=1S/C22H23N5O2S/c1-16-6-5-7-17(14-16)24-21(29)26-12-10-25(11-13-26)20(28)19-15-23-22(30)27(19)18-8-3-2-4-9-18/h2-9,14-15H,10-13H2,1H3,(H,23,30)(H,24,29). The van der Waals surface area contributed by atoms with E-state index in [0.29, 0.717) is 36.6 Å². The van der Waals surface area contributed by atoms with Crippen molar-refractivity contribution in [3.63, 3.8) is 0 Å². The van der Waals surface area contributed by atoms with Gasteiger partial charge in [0.25, 0.3) is 5.91 Å². The molecule has 0 atom stereocenters. The van der Waals surface area contributed by atoms with Crippen LogP contribution < -0.4 is 5.32 Å². The van der Waals surface area contributed by atoms with Crippen LogP contribution >= 0.6 is 12.2 Å². The van der Waals surface area contributed by atoms with Gasteiger partial charge in [0.1, 0.15) is 5.69 Å². The number of carbonyl (C=O) groups is 2. The normalized spacial score (nSPS) is 13.9. The summed E-state index contributed by atoms with van der Waals surface area (Å²) in [7, 11) is 0. The lowest BCUT2D eigenvalue weighted by molar-refractivity contribution is 0.0663. The molecule has 4 rings (SSSR count). The van der Waals surface area contributed by atoms with Gasteiger partial charge in [-0.1, -0.05) is 30.3 Å². The van der Waals surface area contributed by atoms with Gasteiger partial charge in [0, 0.05) is 43.8 Å². The second-order valence-electron chi connectivity index (χ2n) is 7.23. The Hall–Kier alpha value is -3.39. The molecule has 8 heteroatoms. The first kappa shape index (κ1) is 19.9. The highest BCUT2D eigenvalue weighted by Gasteiger charge is 2.27. The molecule has 30 heavy (non-hydrogen) atoms. The summed E-state index contributed by atoms with van der Waals surface area (Å²) in [6.07, 6.45) is 1.65. The van der Waals surface area contributed by atoms with E-state index >= 15 is 0 Å². The fourth-order valence-corrected chi connectivity index (χ4v) is 3.82. The van der Waals surface area contributed by atoms with E-state index in [2.05, 4.69) is 10.3 Å². The molecule has 2 heterocycles. The average molecular weight is 422 g/mol. The number of amides is 3. The maximum atomic E-state index is 13.1. The second kappa shape index (κ2) is 8.54. The Morgan fingerprint density at radius 3 is 2.37 bits per heavy atom. The summed E-state index contributed by atoms with van der Waals surface area (Å²) in [5, 5.41) is 2.92. The highest BCUT2D eigenvalue weighted by Crippen LogP contribution is 2.16. The zero-order valence-electron chi connectivity index (χ0n) is 16.7. The Morgan fingerprint density at radius 1 is 0.967 bits per heavy atom. The summed E-state index contributed by atoms with van der Waals surface area (Å²) in [5.41, 5.74) is 3.18. The lowest BCUT2D eigenvalue weighted by Gasteiger charge is -2.34. The van der Waals surface area contributed by atoms with Crippen molar-refractivity contribution in [2.24, 2.45) is 0 Å². The van der Waals surface area contributed by atoms with Crippen LogP contribution in [-0.2, 0) is 0 Å². The number of anilines is 1. The van der Waals surface area contributed by atoms with E-state index in [0.717, 1.165) is 16.9 Å². The van der Waals surface area contributed by atoms with Gasteiger partial charge in [0.15, 0.2) is 4.77 Å². The van der Waals surface area contributed by atoms with Gasteiger partial charge in [0.05, 0.1) is 0 Å². The van der Waals surface area contributed by atoms with Gasteiger partial charge >= 0.3 is 6.03 Å². The first-order chi connectivity index (χ1) is 14.5. The fourth-order valence-electron chi connectivity index (χ4n) is 3.56. The van der Waals surface area contributed by atoms with Gasteiger partial charge < -0.3 is 20.1 Å². The monoisotopic (exact) mass is 421 g/mol. The number of hydrogen-bond donors (Lipinski definition) is 2. The van der Waals surface area contributed by atoms with E-state index in [1.807, 2.05) is 61.5 Å². The molecule has 1 aromatic heterocycles. The number of piperazine rings is 1. The van der Waals surface area contributed by atoms with Crippen molar-refractivity contribution < 1.29 is 9.59 Å². The molecule has 0 spiro atoms. The maximum absolute atomic E-state index is 13.1. The Bertz CT molecular complexity index is 1110. The molecule has 3 aromatic rings. The number of nitrogens with one attached hydrogen (secondary N) is 2. The fraction of sp³-hybridized carbons (Fsp3) is 0.227. The lowest BCUT2D eigenvalue weighted by Crippen LogP contribution is -2.51. The zero-order valence-corrected chi connectivity index (χ0v) is 17.5. The average Bonchev–Trinajstić information content (AvgIpc) is 3.15. The minimum Gasteiger partial charge on any atom is -0.336 e. The molecule has 0 saturated carbocycles. The smallest absolute Gasteiger partial charge is 0.321 e. The molecule has 7 nitrogen and oxygen atoms in total. The quantitative estimate of drug-likeness (QED) is 0.631. The van der Waals surface area contributed by atoms with Crippen LogP contribution in [0.5, 0.6) is 0 Å². The summed E-state index contributed by atoms with van der Waals surface area (Å²) in [4.78, 5) is 32.1. The summed E-state index contributed by atoms with van der Waals surface area (Å²) < 4.78 is 2.22. The van der Waals surface area contributed by atoms with Crippen LogP contribution in [0.4, 0.5) is 10.5 Å². The van der Waals surface area contributed by atoms with Crippen LogP contribution in [0.2, 0.25) is 0 Å². The van der Waals surface area contributed by atoms with Crippen LogP contribution in [0.25, 0.3) is 5.69 Å². The van der Waals surface area contributed by atoms with Gasteiger partial charge in [-0.3, -0.25) is 9.36 Å². The zero-order chi connectivity index (χ0) is 21.1. The molecule has 1 fully saturated rings. The van der Waals surface area contributed by atoms with Gasteiger partial charge in [-0.25, -0.2) is 4.79 Å². The van der Waals surface area contributed by atoms with Gasteiger partial charge in [-0.15, -0.1) is 0 Å². The van der Waals surface area contributed by atoms with Crippen molar-refractivity contribution in [2.45, 2.75) is 6.92 Å². The molecule has 0 bridgehead atoms. The van der Waals surface area contributed by atoms with Crippen molar-refractivity contribution >= 4 is 29.8 Å². The number of benzene rings is 2. The molecule has 154 valence electrons. The number of imidazole rings is 1. The number of aryl methyl sites for hydroxylation is 1. The molecular formula is C22H23N5O2S. The van der Waals surface area contributed by atoms with Crippen LogP contribution in [-0.4, -0.2) is 57.5 Å². The molecule has 2 N–H and O–H groups in total. The molecule has 1 aliphatic heterocycles. The number of carbonyl (C=O) groups excluding carboxylic acids is 2. The summed E-state index contributed by atoms with van der Waals surface area (Å²) in [5.74, 6) is -0.107. The third-order valence-electron chi connectivity index (χ3n) is 5.13. The Morgan fingerprint density at radius 2 is 1.67 bits per heavy atom. The van der Waals surface area contributed by atoms with E-state index in [9.17, 15) is 9.59 Å². The van der Waals surface area contributed by atoms with Gasteiger partial charge in [0.2, 0.25) is 0 Å². The SMILES string of the molecule is Cc1cccc(NC(=O)N2CCN(C(=O)c3c[nH]c(=S)n3-c3ccccc3)CC2)c1. The summed E-state index contributed by atoms with van der Waals surface area (Å²) in [6, 6.07) is 17.1. The second-order valence-corrected chi connectivity index (χ2v) is 7.62. The van der Waals surface area contributed by atoms with Crippen molar-refractivity contribution in [1.82, 2.24) is 19.4 Å². The summed E-state index contributed by atoms with van der Waals surface area (Å²) in [6.45, 7) is 3.86. The molecular weight excluding hydrogens is 398 g/mol. The van der Waals surface area contributed by atoms with Crippen LogP contribution in [0.3, 0.4) is 0 Å². The van der Waals surface area contributed by atoms with E-state index in [1.165, 1.54) is 0 Å². The molecule has 1 saturated heterocycles. The first-order valence-electron chi connectivity index (χ1n) is 9.80. The van der Waals surface area contributed by atoms with Crippen LogP contribution in [0.15, 0.2) is 60.8 Å². The highest BCUT2D eigenvalue weighted by atomic mass is 32.1. The Kier molecular flexibility index (Phi) is 5.67. The number of aromatic amines is 1.